The molecule has 0 bridgehead atoms. The largest absolute Gasteiger partial charge is 0.352 e. The fourth-order valence-electron chi connectivity index (χ4n) is 2.76. The van der Waals surface area contributed by atoms with Crippen LogP contribution in [0.2, 0.25) is 0 Å². The van der Waals surface area contributed by atoms with E-state index < -0.39 is 0 Å². The molecule has 1 fully saturated rings. The number of nitrogens with zero attached hydrogens (tertiary/aromatic N) is 2. The van der Waals surface area contributed by atoms with E-state index in [1.807, 2.05) is 35.8 Å². The van der Waals surface area contributed by atoms with Crippen LogP contribution in [0.1, 0.15) is 23.2 Å². The van der Waals surface area contributed by atoms with Gasteiger partial charge in [-0.1, -0.05) is 12.1 Å². The van der Waals surface area contributed by atoms with Crippen LogP contribution >= 0.6 is 27.3 Å². The summed E-state index contributed by atoms with van der Waals surface area (Å²) in [7, 11) is 0. The molecule has 1 amide bonds. The Morgan fingerprint density at radius 2 is 2.32 bits per heavy atom. The number of halogens is 1. The van der Waals surface area contributed by atoms with Crippen molar-refractivity contribution < 1.29 is 4.79 Å². The van der Waals surface area contributed by atoms with Gasteiger partial charge >= 0.3 is 0 Å². The minimum absolute atomic E-state index is 0.0150. The first-order valence-electron chi connectivity index (χ1n) is 7.41. The molecule has 1 saturated heterocycles. The Morgan fingerprint density at radius 1 is 1.45 bits per heavy atom. The summed E-state index contributed by atoms with van der Waals surface area (Å²) in [5.74, 6) is 0.461. The maximum Gasteiger partial charge on any atom is 0.252 e. The summed E-state index contributed by atoms with van der Waals surface area (Å²) in [6.45, 7) is 2.73. The van der Waals surface area contributed by atoms with E-state index in [4.69, 9.17) is 0 Å². The molecule has 2 heterocycles. The van der Waals surface area contributed by atoms with Crippen molar-refractivity contribution in [3.8, 4) is 0 Å². The van der Waals surface area contributed by atoms with E-state index in [0.29, 0.717) is 18.0 Å². The van der Waals surface area contributed by atoms with Crippen LogP contribution in [0.5, 0.6) is 0 Å². The van der Waals surface area contributed by atoms with Crippen LogP contribution in [0.25, 0.3) is 0 Å². The zero-order chi connectivity index (χ0) is 15.4. The Bertz CT molecular complexity index is 632. The average Bonchev–Trinajstić information content (AvgIpc) is 3.08. The highest BCUT2D eigenvalue weighted by atomic mass is 79.9. The Labute approximate surface area is 142 Å². The fraction of sp³-hybridized carbons (Fsp3) is 0.375. The third-order valence-electron chi connectivity index (χ3n) is 3.88. The first-order chi connectivity index (χ1) is 10.7. The Morgan fingerprint density at radius 3 is 3.09 bits per heavy atom. The minimum atomic E-state index is -0.0150. The van der Waals surface area contributed by atoms with Crippen molar-refractivity contribution in [2.45, 2.75) is 12.8 Å². The van der Waals surface area contributed by atoms with E-state index in [2.05, 4.69) is 31.1 Å². The molecule has 1 atom stereocenters. The number of thiazole rings is 1. The monoisotopic (exact) mass is 379 g/mol. The van der Waals surface area contributed by atoms with E-state index in [-0.39, 0.29) is 5.91 Å². The van der Waals surface area contributed by atoms with Crippen LogP contribution < -0.4 is 10.2 Å². The van der Waals surface area contributed by atoms with Gasteiger partial charge in [0.15, 0.2) is 5.13 Å². The minimum Gasteiger partial charge on any atom is -0.352 e. The van der Waals surface area contributed by atoms with Gasteiger partial charge in [-0.25, -0.2) is 4.98 Å². The van der Waals surface area contributed by atoms with Crippen LogP contribution in [0.15, 0.2) is 40.3 Å². The van der Waals surface area contributed by atoms with Crippen LogP contribution in [0, 0.1) is 5.92 Å². The summed E-state index contributed by atoms with van der Waals surface area (Å²) in [5.41, 5.74) is 0.690. The molecule has 0 radical (unpaired) electrons. The summed E-state index contributed by atoms with van der Waals surface area (Å²) in [5, 5.41) is 6.16. The molecule has 1 aromatic heterocycles. The van der Waals surface area contributed by atoms with Crippen molar-refractivity contribution in [3.05, 3.63) is 45.9 Å². The van der Waals surface area contributed by atoms with E-state index in [1.54, 1.807) is 11.3 Å². The van der Waals surface area contributed by atoms with Gasteiger partial charge < -0.3 is 10.2 Å². The number of anilines is 1. The van der Waals surface area contributed by atoms with Crippen molar-refractivity contribution in [1.29, 1.82) is 0 Å². The van der Waals surface area contributed by atoms with Crippen LogP contribution in [-0.2, 0) is 0 Å². The standard InChI is InChI=1S/C16H18BrN3OS/c17-14-6-2-1-5-13(14)15(21)19-10-12-4-3-8-20(11-12)16-18-7-9-22-16/h1-2,5-7,9,12H,3-4,8,10-11H2,(H,19,21). The van der Waals surface area contributed by atoms with Gasteiger partial charge in [-0.3, -0.25) is 4.79 Å². The average molecular weight is 380 g/mol. The van der Waals surface area contributed by atoms with Gasteiger partial charge in [0.25, 0.3) is 5.91 Å². The van der Waals surface area contributed by atoms with Crippen LogP contribution in [0.4, 0.5) is 5.13 Å². The van der Waals surface area contributed by atoms with Crippen LogP contribution in [0.3, 0.4) is 0 Å². The second-order valence-electron chi connectivity index (χ2n) is 5.46. The van der Waals surface area contributed by atoms with Gasteiger partial charge in [-0.15, -0.1) is 11.3 Å². The predicted molar refractivity (Wildman–Crippen MR) is 93.5 cm³/mol. The number of aromatic nitrogens is 1. The molecule has 1 aliphatic heterocycles. The SMILES string of the molecule is O=C(NCC1CCCN(c2nccs2)C1)c1ccccc1Br. The number of nitrogens with one attached hydrogen (secondary N) is 1. The number of hydrogen-bond donors (Lipinski definition) is 1. The molecule has 1 aromatic carbocycles. The molecule has 0 saturated carbocycles. The lowest BCUT2D eigenvalue weighted by molar-refractivity contribution is 0.0945. The molecule has 22 heavy (non-hydrogen) atoms. The van der Waals surface area contributed by atoms with Crippen molar-refractivity contribution in [2.75, 3.05) is 24.5 Å². The number of carbonyl (C=O) groups is 1. The normalized spacial score (nSPS) is 18.2. The van der Waals surface area contributed by atoms with E-state index in [0.717, 1.165) is 35.5 Å². The summed E-state index contributed by atoms with van der Waals surface area (Å²) < 4.78 is 0.834. The van der Waals surface area contributed by atoms with E-state index in [1.165, 1.54) is 0 Å². The maximum atomic E-state index is 12.3. The lowest BCUT2D eigenvalue weighted by Crippen LogP contribution is -2.41. The van der Waals surface area contributed by atoms with Gasteiger partial charge in [-0.2, -0.15) is 0 Å². The molecule has 0 spiro atoms. The molecule has 3 rings (SSSR count). The fourth-order valence-corrected chi connectivity index (χ4v) is 3.90. The first kappa shape index (κ1) is 15.5. The molecule has 2 aromatic rings. The maximum absolute atomic E-state index is 12.3. The highest BCUT2D eigenvalue weighted by molar-refractivity contribution is 9.10. The molecule has 1 aliphatic rings. The van der Waals surface area contributed by atoms with Crippen molar-refractivity contribution in [3.63, 3.8) is 0 Å². The molecule has 116 valence electrons. The van der Waals surface area contributed by atoms with Gasteiger partial charge in [0, 0.05) is 35.7 Å². The van der Waals surface area contributed by atoms with Gasteiger partial charge in [0.2, 0.25) is 0 Å². The van der Waals surface area contributed by atoms with Crippen molar-refractivity contribution >= 4 is 38.3 Å². The predicted octanol–water partition coefficient (Wildman–Crippen LogP) is 3.55. The molecule has 0 aliphatic carbocycles. The van der Waals surface area contributed by atoms with E-state index >= 15 is 0 Å². The van der Waals surface area contributed by atoms with Gasteiger partial charge in [0.05, 0.1) is 5.56 Å². The Hall–Kier alpha value is -1.40. The van der Waals surface area contributed by atoms with Crippen LogP contribution in [-0.4, -0.2) is 30.5 Å². The van der Waals surface area contributed by atoms with E-state index in [9.17, 15) is 4.79 Å². The third kappa shape index (κ3) is 3.67. The molecule has 1 unspecified atom stereocenters. The number of amides is 1. The Kier molecular flexibility index (Phi) is 5.10. The quantitative estimate of drug-likeness (QED) is 0.883. The number of hydrogen-bond acceptors (Lipinski definition) is 4. The topological polar surface area (TPSA) is 45.2 Å². The number of rotatable bonds is 4. The number of piperidine rings is 1. The summed E-state index contributed by atoms with van der Waals surface area (Å²) in [6, 6.07) is 7.51. The van der Waals surface area contributed by atoms with Crippen molar-refractivity contribution in [2.24, 2.45) is 5.92 Å². The number of carbonyl (C=O) groups excluding carboxylic acids is 1. The molecule has 6 heteroatoms. The lowest BCUT2D eigenvalue weighted by Gasteiger charge is -2.32. The lowest BCUT2D eigenvalue weighted by atomic mass is 9.98. The molecule has 4 nitrogen and oxygen atoms in total. The van der Waals surface area contributed by atoms with Gasteiger partial charge in [0.1, 0.15) is 0 Å². The summed E-state index contributed by atoms with van der Waals surface area (Å²) in [6.07, 6.45) is 4.14. The zero-order valence-electron chi connectivity index (χ0n) is 12.2. The third-order valence-corrected chi connectivity index (χ3v) is 5.40. The second kappa shape index (κ2) is 7.24. The molecular weight excluding hydrogens is 362 g/mol. The first-order valence-corrected chi connectivity index (χ1v) is 9.08. The molecular formula is C16H18BrN3OS. The van der Waals surface area contributed by atoms with Gasteiger partial charge in [-0.05, 0) is 46.8 Å². The smallest absolute Gasteiger partial charge is 0.252 e. The molecule has 1 N–H and O–H groups in total. The zero-order valence-corrected chi connectivity index (χ0v) is 14.6. The van der Waals surface area contributed by atoms with Crippen molar-refractivity contribution in [1.82, 2.24) is 10.3 Å². The number of benzene rings is 1. The summed E-state index contributed by atoms with van der Waals surface area (Å²) in [4.78, 5) is 19.0. The highest BCUT2D eigenvalue weighted by Gasteiger charge is 2.22. The second-order valence-corrected chi connectivity index (χ2v) is 7.19. The Balaban J connectivity index is 1.55. The summed E-state index contributed by atoms with van der Waals surface area (Å²) >= 11 is 5.10. The highest BCUT2D eigenvalue weighted by Crippen LogP contribution is 2.24.